The van der Waals surface area contributed by atoms with Gasteiger partial charge in [0.05, 0.1) is 5.52 Å². The van der Waals surface area contributed by atoms with Gasteiger partial charge in [0.1, 0.15) is 5.75 Å². The normalized spacial score (nSPS) is 10.8. The van der Waals surface area contributed by atoms with Crippen LogP contribution in [0.1, 0.15) is 16.7 Å². The number of pyridine rings is 1. The molecule has 0 saturated heterocycles. The lowest BCUT2D eigenvalue weighted by Gasteiger charge is -2.12. The first-order chi connectivity index (χ1) is 10.2. The molecule has 0 aliphatic carbocycles. The molecule has 106 valence electrons. The number of ether oxygens (including phenoxy) is 1. The van der Waals surface area contributed by atoms with Crippen molar-refractivity contribution in [1.82, 2.24) is 4.98 Å². The lowest BCUT2D eigenvalue weighted by Crippen LogP contribution is -1.96. The first-order valence-corrected chi connectivity index (χ1v) is 7.99. The second-order valence-corrected chi connectivity index (χ2v) is 5.71. The predicted octanol–water partition coefficient (Wildman–Crippen LogP) is 5.54. The average molecular weight is 342 g/mol. The summed E-state index contributed by atoms with van der Waals surface area (Å²) in [6, 6.07) is 16.4. The molecule has 0 aliphatic heterocycles. The molecule has 21 heavy (non-hydrogen) atoms. The minimum Gasteiger partial charge on any atom is -0.438 e. The van der Waals surface area contributed by atoms with Crippen molar-refractivity contribution < 1.29 is 4.74 Å². The zero-order chi connectivity index (χ0) is 14.8. The first-order valence-electron chi connectivity index (χ1n) is 6.87. The number of rotatable bonds is 3. The minimum atomic E-state index is 0.666. The Kier molecular flexibility index (Phi) is 3.93. The molecule has 1 aromatic heterocycles. The van der Waals surface area contributed by atoms with E-state index in [-0.39, 0.29) is 0 Å². The van der Waals surface area contributed by atoms with Crippen LogP contribution < -0.4 is 4.74 Å². The number of benzene rings is 2. The van der Waals surface area contributed by atoms with Gasteiger partial charge in [0.25, 0.3) is 0 Å². The maximum Gasteiger partial charge on any atom is 0.223 e. The van der Waals surface area contributed by atoms with Crippen molar-refractivity contribution in [2.75, 3.05) is 0 Å². The molecule has 0 amide bonds. The van der Waals surface area contributed by atoms with Crippen molar-refractivity contribution in [2.45, 2.75) is 19.2 Å². The topological polar surface area (TPSA) is 22.1 Å². The molecular weight excluding hydrogens is 326 g/mol. The van der Waals surface area contributed by atoms with Crippen LogP contribution in [0.15, 0.2) is 48.5 Å². The Bertz CT molecular complexity index is 798. The van der Waals surface area contributed by atoms with E-state index in [0.29, 0.717) is 11.2 Å². The van der Waals surface area contributed by atoms with E-state index in [2.05, 4.69) is 52.1 Å². The molecule has 2 aromatic carbocycles. The van der Waals surface area contributed by atoms with Crippen LogP contribution in [0, 0.1) is 13.8 Å². The number of alkyl halides is 1. The van der Waals surface area contributed by atoms with Crippen molar-refractivity contribution in [3.05, 3.63) is 65.2 Å². The quantitative estimate of drug-likeness (QED) is 0.583. The fraction of sp³-hybridized carbons (Fsp3) is 0.167. The molecule has 0 N–H and O–H groups in total. The molecule has 0 aliphatic rings. The fourth-order valence-electron chi connectivity index (χ4n) is 2.25. The molecular formula is C18H16BrNO. The summed E-state index contributed by atoms with van der Waals surface area (Å²) >= 11 is 3.52. The van der Waals surface area contributed by atoms with Crippen molar-refractivity contribution in [2.24, 2.45) is 0 Å². The van der Waals surface area contributed by atoms with Crippen LogP contribution >= 0.6 is 15.9 Å². The molecule has 0 unspecified atom stereocenters. The summed E-state index contributed by atoms with van der Waals surface area (Å²) in [5.41, 5.74) is 4.28. The second kappa shape index (κ2) is 5.86. The molecule has 1 heterocycles. The van der Waals surface area contributed by atoms with Gasteiger partial charge in [-0.1, -0.05) is 46.3 Å². The summed E-state index contributed by atoms with van der Waals surface area (Å²) in [6.45, 7) is 4.11. The predicted molar refractivity (Wildman–Crippen MR) is 90.4 cm³/mol. The molecule has 3 rings (SSSR count). The summed E-state index contributed by atoms with van der Waals surface area (Å²) in [5.74, 6) is 1.53. The number of halogens is 1. The third-order valence-corrected chi connectivity index (χ3v) is 4.06. The lowest BCUT2D eigenvalue weighted by molar-refractivity contribution is 0.457. The highest BCUT2D eigenvalue weighted by Crippen LogP contribution is 2.30. The maximum absolute atomic E-state index is 6.08. The number of aryl methyl sites for hydroxylation is 2. The molecule has 0 radical (unpaired) electrons. The molecule has 0 fully saturated rings. The summed E-state index contributed by atoms with van der Waals surface area (Å²) in [6.07, 6.45) is 0. The standard InChI is InChI=1S/C18H16BrNO/c1-12-7-8-13(2)17(9-12)21-18-15(11-19)10-14-5-3-4-6-16(14)20-18/h3-10H,11H2,1-2H3. The van der Waals surface area contributed by atoms with E-state index >= 15 is 0 Å². The van der Waals surface area contributed by atoms with Gasteiger partial charge in [0, 0.05) is 16.3 Å². The van der Waals surface area contributed by atoms with E-state index < -0.39 is 0 Å². The highest BCUT2D eigenvalue weighted by molar-refractivity contribution is 9.08. The van der Waals surface area contributed by atoms with Gasteiger partial charge < -0.3 is 4.74 Å². The Morgan fingerprint density at radius 1 is 1.05 bits per heavy atom. The minimum absolute atomic E-state index is 0.666. The van der Waals surface area contributed by atoms with Crippen molar-refractivity contribution in [3.63, 3.8) is 0 Å². The second-order valence-electron chi connectivity index (χ2n) is 5.15. The van der Waals surface area contributed by atoms with Gasteiger partial charge in [-0.15, -0.1) is 0 Å². The third-order valence-electron chi connectivity index (χ3n) is 3.46. The summed E-state index contributed by atoms with van der Waals surface area (Å²) < 4.78 is 6.08. The number of hydrogen-bond donors (Lipinski definition) is 0. The molecule has 0 atom stereocenters. The number of para-hydroxylation sites is 1. The smallest absolute Gasteiger partial charge is 0.223 e. The van der Waals surface area contributed by atoms with E-state index in [4.69, 9.17) is 4.74 Å². The van der Waals surface area contributed by atoms with Gasteiger partial charge in [0.15, 0.2) is 0 Å². The zero-order valence-electron chi connectivity index (χ0n) is 12.1. The molecule has 3 heteroatoms. The van der Waals surface area contributed by atoms with E-state index in [1.807, 2.05) is 31.2 Å². The number of aromatic nitrogens is 1. The van der Waals surface area contributed by atoms with Gasteiger partial charge in [-0.25, -0.2) is 4.98 Å². The van der Waals surface area contributed by atoms with Gasteiger partial charge >= 0.3 is 0 Å². The Morgan fingerprint density at radius 2 is 1.86 bits per heavy atom. The highest BCUT2D eigenvalue weighted by atomic mass is 79.9. The van der Waals surface area contributed by atoms with Crippen molar-refractivity contribution in [1.29, 1.82) is 0 Å². The van der Waals surface area contributed by atoms with Crippen molar-refractivity contribution in [3.8, 4) is 11.6 Å². The average Bonchev–Trinajstić information content (AvgIpc) is 2.50. The fourth-order valence-corrected chi connectivity index (χ4v) is 2.65. The van der Waals surface area contributed by atoms with Crippen LogP contribution in [0.3, 0.4) is 0 Å². The van der Waals surface area contributed by atoms with Crippen LogP contribution in [-0.2, 0) is 5.33 Å². The number of hydrogen-bond acceptors (Lipinski definition) is 2. The van der Waals surface area contributed by atoms with Crippen LogP contribution in [0.25, 0.3) is 10.9 Å². The van der Waals surface area contributed by atoms with Crippen molar-refractivity contribution >= 4 is 26.8 Å². The molecule has 0 spiro atoms. The Hall–Kier alpha value is -1.87. The lowest BCUT2D eigenvalue weighted by atomic mass is 10.1. The molecule has 3 aromatic rings. The first kappa shape index (κ1) is 14.1. The maximum atomic E-state index is 6.08. The summed E-state index contributed by atoms with van der Waals surface area (Å²) in [7, 11) is 0. The number of fused-ring (bicyclic) bond motifs is 1. The highest BCUT2D eigenvalue weighted by Gasteiger charge is 2.10. The van der Waals surface area contributed by atoms with Crippen LogP contribution in [0.2, 0.25) is 0 Å². The Labute approximate surface area is 132 Å². The zero-order valence-corrected chi connectivity index (χ0v) is 13.6. The van der Waals surface area contributed by atoms with Crippen LogP contribution in [0.4, 0.5) is 0 Å². The summed E-state index contributed by atoms with van der Waals surface area (Å²) in [4.78, 5) is 4.66. The SMILES string of the molecule is Cc1ccc(C)c(Oc2nc3ccccc3cc2CBr)c1. The largest absolute Gasteiger partial charge is 0.438 e. The molecule has 0 bridgehead atoms. The van der Waals surface area contributed by atoms with Gasteiger partial charge in [0.2, 0.25) is 5.88 Å². The Balaban J connectivity index is 2.08. The summed E-state index contributed by atoms with van der Waals surface area (Å²) in [5, 5.41) is 1.84. The van der Waals surface area contributed by atoms with Gasteiger partial charge in [-0.2, -0.15) is 0 Å². The molecule has 2 nitrogen and oxygen atoms in total. The number of nitrogens with zero attached hydrogens (tertiary/aromatic N) is 1. The van der Waals surface area contributed by atoms with Gasteiger partial charge in [-0.3, -0.25) is 0 Å². The van der Waals surface area contributed by atoms with E-state index in [9.17, 15) is 0 Å². The monoisotopic (exact) mass is 341 g/mol. The van der Waals surface area contributed by atoms with E-state index in [0.717, 1.165) is 27.8 Å². The third kappa shape index (κ3) is 2.93. The van der Waals surface area contributed by atoms with Gasteiger partial charge in [-0.05, 0) is 43.2 Å². The van der Waals surface area contributed by atoms with E-state index in [1.165, 1.54) is 5.56 Å². The van der Waals surface area contributed by atoms with E-state index in [1.54, 1.807) is 0 Å². The van der Waals surface area contributed by atoms with Crippen LogP contribution in [-0.4, -0.2) is 4.98 Å². The molecule has 0 saturated carbocycles. The van der Waals surface area contributed by atoms with Crippen LogP contribution in [0.5, 0.6) is 11.6 Å². The Morgan fingerprint density at radius 3 is 2.67 bits per heavy atom.